The van der Waals surface area contributed by atoms with E-state index in [0.29, 0.717) is 0 Å². The van der Waals surface area contributed by atoms with Crippen molar-refractivity contribution in [2.24, 2.45) is 0 Å². The third kappa shape index (κ3) is 2.24. The maximum Gasteiger partial charge on any atom is 0.201 e. The molecule has 18 heavy (non-hydrogen) atoms. The summed E-state index contributed by atoms with van der Waals surface area (Å²) in [6.45, 7) is 5.78. The second-order valence-corrected chi connectivity index (χ2v) is 5.45. The first-order valence-electron chi connectivity index (χ1n) is 5.78. The molecule has 6 heteroatoms. The van der Waals surface area contributed by atoms with Crippen molar-refractivity contribution < 1.29 is 0 Å². The Morgan fingerprint density at radius 1 is 0.944 bits per heavy atom. The van der Waals surface area contributed by atoms with Gasteiger partial charge in [0.05, 0.1) is 5.69 Å². The number of aromatic nitrogens is 3. The number of halogens is 1. The van der Waals surface area contributed by atoms with Crippen LogP contribution in [0.4, 0.5) is 0 Å². The van der Waals surface area contributed by atoms with Crippen LogP contribution in [0.2, 0.25) is 0 Å². The number of hydrogen-bond donors (Lipinski definition) is 0. The van der Waals surface area contributed by atoms with Gasteiger partial charge >= 0.3 is 0 Å². The predicted octanol–water partition coefficient (Wildman–Crippen LogP) is 4.34. The van der Waals surface area contributed by atoms with Gasteiger partial charge in [-0.2, -0.15) is 0 Å². The van der Waals surface area contributed by atoms with Crippen LogP contribution in [-0.2, 0) is 13.1 Å². The minimum atomic E-state index is 0.742. The normalized spacial score (nSPS) is 10.8. The highest BCUT2D eigenvalue weighted by Crippen LogP contribution is 2.16. The molecule has 0 bridgehead atoms. The Morgan fingerprint density at radius 3 is 1.78 bits per heavy atom. The Morgan fingerprint density at radius 2 is 1.39 bits per heavy atom. The van der Waals surface area contributed by atoms with Crippen LogP contribution in [-0.4, -0.2) is 13.9 Å². The molecule has 0 spiro atoms. The first kappa shape index (κ1) is 13.7. The molecule has 0 unspecified atom stereocenters. The molecule has 2 rings (SSSR count). The van der Waals surface area contributed by atoms with E-state index in [4.69, 9.17) is 24.4 Å². The molecule has 2 aromatic rings. The Balaban J connectivity index is 2.73. The van der Waals surface area contributed by atoms with Crippen LogP contribution in [0.25, 0.3) is 5.69 Å². The van der Waals surface area contributed by atoms with E-state index in [-0.39, 0.29) is 0 Å². The van der Waals surface area contributed by atoms with Gasteiger partial charge in [0.2, 0.25) is 9.54 Å². The largest absolute Gasteiger partial charge is 0.261 e. The lowest BCUT2D eigenvalue weighted by Crippen LogP contribution is -2.10. The second kappa shape index (κ2) is 5.50. The third-order valence-electron chi connectivity index (χ3n) is 2.80. The van der Waals surface area contributed by atoms with Crippen molar-refractivity contribution in [1.29, 1.82) is 0 Å². The molecular formula is C12H14BrN3S2. The number of hydrogen-bond acceptors (Lipinski definition) is 2. The van der Waals surface area contributed by atoms with Crippen LogP contribution in [0.5, 0.6) is 0 Å². The summed E-state index contributed by atoms with van der Waals surface area (Å²) in [7, 11) is 0. The zero-order valence-corrected chi connectivity index (χ0v) is 13.5. The highest BCUT2D eigenvalue weighted by atomic mass is 79.9. The van der Waals surface area contributed by atoms with E-state index in [2.05, 4.69) is 29.8 Å². The Labute approximate surface area is 125 Å². The van der Waals surface area contributed by atoms with E-state index in [1.54, 1.807) is 0 Å². The molecule has 0 aliphatic heterocycles. The predicted molar refractivity (Wildman–Crippen MR) is 82.5 cm³/mol. The lowest BCUT2D eigenvalue weighted by molar-refractivity contribution is 0.479. The maximum absolute atomic E-state index is 5.51. The van der Waals surface area contributed by atoms with Gasteiger partial charge in [0.15, 0.2) is 0 Å². The van der Waals surface area contributed by atoms with Crippen LogP contribution < -0.4 is 0 Å². The zero-order valence-electron chi connectivity index (χ0n) is 10.3. The molecule has 1 aromatic heterocycles. The molecule has 0 aliphatic carbocycles. The molecule has 0 N–H and O–H groups in total. The highest BCUT2D eigenvalue weighted by molar-refractivity contribution is 9.10. The van der Waals surface area contributed by atoms with Crippen molar-refractivity contribution >= 4 is 40.4 Å². The summed E-state index contributed by atoms with van der Waals surface area (Å²) in [5, 5.41) is 0. The van der Waals surface area contributed by atoms with E-state index in [1.165, 1.54) is 0 Å². The molecule has 0 aliphatic rings. The van der Waals surface area contributed by atoms with E-state index in [1.807, 2.05) is 38.2 Å². The SMILES string of the molecule is CCn1c(=S)n(-c2ccc(Br)cc2)c(=S)n1CC. The summed E-state index contributed by atoms with van der Waals surface area (Å²) in [6.07, 6.45) is 0. The molecule has 1 aromatic carbocycles. The average Bonchev–Trinajstić information content (AvgIpc) is 2.61. The molecule has 0 amide bonds. The van der Waals surface area contributed by atoms with Gasteiger partial charge in [-0.05, 0) is 62.5 Å². The van der Waals surface area contributed by atoms with Gasteiger partial charge in [0.1, 0.15) is 0 Å². The zero-order chi connectivity index (χ0) is 13.3. The minimum Gasteiger partial charge on any atom is -0.261 e. The fourth-order valence-electron chi connectivity index (χ4n) is 1.94. The summed E-state index contributed by atoms with van der Waals surface area (Å²) in [5.41, 5.74) is 1.00. The van der Waals surface area contributed by atoms with Gasteiger partial charge in [-0.1, -0.05) is 15.9 Å². The van der Waals surface area contributed by atoms with E-state index >= 15 is 0 Å². The third-order valence-corrected chi connectivity index (χ3v) is 4.11. The summed E-state index contributed by atoms with van der Waals surface area (Å²) in [4.78, 5) is 0. The van der Waals surface area contributed by atoms with Gasteiger partial charge in [-0.15, -0.1) is 0 Å². The molecule has 3 nitrogen and oxygen atoms in total. The van der Waals surface area contributed by atoms with Gasteiger partial charge in [-0.25, -0.2) is 0 Å². The maximum atomic E-state index is 5.51. The van der Waals surface area contributed by atoms with Gasteiger partial charge in [-0.3, -0.25) is 13.9 Å². The number of benzene rings is 1. The molecule has 0 saturated heterocycles. The van der Waals surface area contributed by atoms with Crippen LogP contribution >= 0.6 is 40.4 Å². The van der Waals surface area contributed by atoms with Crippen LogP contribution in [0.1, 0.15) is 13.8 Å². The fourth-order valence-corrected chi connectivity index (χ4v) is 3.10. The lowest BCUT2D eigenvalue weighted by atomic mass is 10.3. The second-order valence-electron chi connectivity index (χ2n) is 3.81. The van der Waals surface area contributed by atoms with Crippen molar-refractivity contribution in [2.75, 3.05) is 0 Å². The Kier molecular flexibility index (Phi) is 4.19. The van der Waals surface area contributed by atoms with Gasteiger partial charge in [0.25, 0.3) is 0 Å². The van der Waals surface area contributed by atoms with Crippen LogP contribution in [0, 0.1) is 9.54 Å². The summed E-state index contributed by atoms with van der Waals surface area (Å²) < 4.78 is 8.52. The molecule has 0 fully saturated rings. The van der Waals surface area contributed by atoms with E-state index in [0.717, 1.165) is 32.8 Å². The van der Waals surface area contributed by atoms with Crippen molar-refractivity contribution in [3.63, 3.8) is 0 Å². The smallest absolute Gasteiger partial charge is 0.201 e. The summed E-state index contributed by atoms with van der Waals surface area (Å²) >= 11 is 14.4. The molecular weight excluding hydrogens is 330 g/mol. The summed E-state index contributed by atoms with van der Waals surface area (Å²) in [6, 6.07) is 8.00. The minimum absolute atomic E-state index is 0.742. The Hall–Kier alpha value is -0.720. The van der Waals surface area contributed by atoms with Crippen molar-refractivity contribution in [1.82, 2.24) is 13.9 Å². The first-order valence-corrected chi connectivity index (χ1v) is 7.39. The van der Waals surface area contributed by atoms with Crippen molar-refractivity contribution in [3.8, 4) is 5.69 Å². The monoisotopic (exact) mass is 343 g/mol. The van der Waals surface area contributed by atoms with Crippen LogP contribution in [0.3, 0.4) is 0 Å². The van der Waals surface area contributed by atoms with Gasteiger partial charge < -0.3 is 0 Å². The van der Waals surface area contributed by atoms with Crippen molar-refractivity contribution in [3.05, 3.63) is 38.3 Å². The molecule has 0 radical (unpaired) electrons. The van der Waals surface area contributed by atoms with E-state index < -0.39 is 0 Å². The number of nitrogens with zero attached hydrogens (tertiary/aromatic N) is 3. The molecule has 96 valence electrons. The van der Waals surface area contributed by atoms with E-state index in [9.17, 15) is 0 Å². The first-order chi connectivity index (χ1) is 8.60. The van der Waals surface area contributed by atoms with Crippen molar-refractivity contribution in [2.45, 2.75) is 26.9 Å². The summed E-state index contributed by atoms with van der Waals surface area (Å²) in [5.74, 6) is 0. The molecule has 0 atom stereocenters. The quantitative estimate of drug-likeness (QED) is 0.770. The van der Waals surface area contributed by atoms with Gasteiger partial charge in [0, 0.05) is 17.6 Å². The highest BCUT2D eigenvalue weighted by Gasteiger charge is 2.09. The molecule has 0 saturated carbocycles. The standard InChI is InChI=1S/C12H14BrN3S2/c1-3-14-11(17)16(12(18)15(14)4-2)10-7-5-9(13)6-8-10/h5-8H,3-4H2,1-2H3. The fraction of sp³-hybridized carbons (Fsp3) is 0.333. The Bertz CT molecular complexity index is 629. The molecule has 1 heterocycles. The van der Waals surface area contributed by atoms with Crippen LogP contribution in [0.15, 0.2) is 28.7 Å². The average molecular weight is 344 g/mol. The number of rotatable bonds is 3. The lowest BCUT2D eigenvalue weighted by Gasteiger charge is -2.04. The topological polar surface area (TPSA) is 14.8 Å².